The molecule has 2 aromatic rings. The van der Waals surface area contributed by atoms with Gasteiger partial charge in [0.1, 0.15) is 0 Å². The van der Waals surface area contributed by atoms with E-state index >= 15 is 0 Å². The summed E-state index contributed by atoms with van der Waals surface area (Å²) in [4.78, 5) is 4.52. The third kappa shape index (κ3) is 2.90. The Morgan fingerprint density at radius 1 is 1.35 bits per heavy atom. The van der Waals surface area contributed by atoms with E-state index in [1.54, 1.807) is 10.7 Å². The van der Waals surface area contributed by atoms with Gasteiger partial charge < -0.3 is 5.32 Å². The van der Waals surface area contributed by atoms with Crippen LogP contribution in [0.15, 0.2) is 18.3 Å². The van der Waals surface area contributed by atoms with Gasteiger partial charge in [-0.3, -0.25) is 0 Å². The minimum Gasteiger partial charge on any atom is -0.350 e. The van der Waals surface area contributed by atoms with Gasteiger partial charge >= 0.3 is 0 Å². The molecule has 0 aromatic carbocycles. The molecule has 0 aliphatic heterocycles. The second kappa shape index (κ2) is 6.00. The first-order chi connectivity index (χ1) is 9.76. The highest BCUT2D eigenvalue weighted by Gasteiger charge is 2.23. The largest absolute Gasteiger partial charge is 0.350 e. The van der Waals surface area contributed by atoms with Crippen molar-refractivity contribution in [1.82, 2.24) is 14.6 Å². The maximum Gasteiger partial charge on any atom is 0.243 e. The molecular formula is C15H21ClN4. The number of nitrogens with zero attached hydrogens (tertiary/aromatic N) is 3. The lowest BCUT2D eigenvalue weighted by atomic mass is 9.83. The zero-order valence-electron chi connectivity index (χ0n) is 11.8. The van der Waals surface area contributed by atoms with E-state index < -0.39 is 0 Å². The Labute approximate surface area is 124 Å². The predicted molar refractivity (Wildman–Crippen MR) is 82.3 cm³/mol. The van der Waals surface area contributed by atoms with E-state index in [2.05, 4.69) is 22.3 Å². The highest BCUT2D eigenvalue weighted by Crippen LogP contribution is 2.29. The van der Waals surface area contributed by atoms with Crippen LogP contribution in [0.1, 0.15) is 45.4 Å². The molecule has 0 bridgehead atoms. The first-order valence-electron chi connectivity index (χ1n) is 7.54. The first kappa shape index (κ1) is 13.7. The second-order valence-electron chi connectivity index (χ2n) is 5.64. The summed E-state index contributed by atoms with van der Waals surface area (Å²) < 4.78 is 1.73. The molecule has 1 N–H and O–H groups in total. The van der Waals surface area contributed by atoms with E-state index in [4.69, 9.17) is 11.6 Å². The van der Waals surface area contributed by atoms with Gasteiger partial charge in [0.15, 0.2) is 5.65 Å². The molecule has 0 saturated heterocycles. The molecule has 3 rings (SSSR count). The van der Waals surface area contributed by atoms with Crippen molar-refractivity contribution in [3.05, 3.63) is 23.4 Å². The van der Waals surface area contributed by atoms with Crippen molar-refractivity contribution >= 4 is 23.2 Å². The predicted octanol–water partition coefficient (Wildman–Crippen LogP) is 4.15. The van der Waals surface area contributed by atoms with E-state index in [-0.39, 0.29) is 0 Å². The number of hydrogen-bond donors (Lipinski definition) is 1. The molecule has 1 aliphatic carbocycles. The number of nitrogens with one attached hydrogen (secondary N) is 1. The molecule has 108 valence electrons. The van der Waals surface area contributed by atoms with Gasteiger partial charge in [0, 0.05) is 12.2 Å². The Morgan fingerprint density at radius 3 is 2.90 bits per heavy atom. The average molecular weight is 293 g/mol. The van der Waals surface area contributed by atoms with E-state index in [1.807, 2.05) is 12.1 Å². The molecule has 0 spiro atoms. The van der Waals surface area contributed by atoms with Gasteiger partial charge in [-0.25, -0.2) is 4.52 Å². The van der Waals surface area contributed by atoms with Gasteiger partial charge in [0.05, 0.1) is 5.02 Å². The van der Waals surface area contributed by atoms with Crippen LogP contribution in [0.25, 0.3) is 5.65 Å². The Morgan fingerprint density at radius 2 is 2.15 bits per heavy atom. The number of aromatic nitrogens is 3. The molecule has 1 unspecified atom stereocenters. The highest BCUT2D eigenvalue weighted by molar-refractivity contribution is 6.30. The average Bonchev–Trinajstić information content (AvgIpc) is 2.87. The molecule has 0 radical (unpaired) electrons. The lowest BCUT2D eigenvalue weighted by Crippen LogP contribution is -2.30. The van der Waals surface area contributed by atoms with Crippen molar-refractivity contribution in [2.75, 3.05) is 5.32 Å². The van der Waals surface area contributed by atoms with Crippen LogP contribution in [0.2, 0.25) is 5.02 Å². The Balaban J connectivity index is 1.76. The number of fused-ring (bicyclic) bond motifs is 1. The lowest BCUT2D eigenvalue weighted by Gasteiger charge is -2.29. The Bertz CT molecular complexity index is 574. The van der Waals surface area contributed by atoms with Gasteiger partial charge in [0.25, 0.3) is 0 Å². The van der Waals surface area contributed by atoms with Crippen LogP contribution in [0.4, 0.5) is 5.95 Å². The standard InChI is InChI=1S/C15H21ClN4/c1-2-13(11-6-4-3-5-7-11)17-15-18-14-9-8-12(16)10-20(14)19-15/h8-11,13H,2-7H2,1H3,(H,17,19). The number of rotatable bonds is 4. The van der Waals surface area contributed by atoms with Gasteiger partial charge in [-0.1, -0.05) is 37.8 Å². The molecule has 5 heteroatoms. The number of anilines is 1. The van der Waals surface area contributed by atoms with Gasteiger partial charge in [-0.05, 0) is 37.3 Å². The van der Waals surface area contributed by atoms with Gasteiger partial charge in [-0.15, -0.1) is 5.10 Å². The van der Waals surface area contributed by atoms with Crippen molar-refractivity contribution in [1.29, 1.82) is 0 Å². The fourth-order valence-electron chi connectivity index (χ4n) is 3.17. The molecule has 1 atom stereocenters. The fourth-order valence-corrected chi connectivity index (χ4v) is 3.33. The molecule has 2 aromatic heterocycles. The monoisotopic (exact) mass is 292 g/mol. The molecule has 1 fully saturated rings. The van der Waals surface area contributed by atoms with Gasteiger partial charge in [-0.2, -0.15) is 4.98 Å². The van der Waals surface area contributed by atoms with E-state index in [0.29, 0.717) is 17.0 Å². The molecule has 20 heavy (non-hydrogen) atoms. The third-order valence-corrected chi connectivity index (χ3v) is 4.49. The van der Waals surface area contributed by atoms with Crippen LogP contribution in [-0.4, -0.2) is 20.6 Å². The SMILES string of the molecule is CCC(Nc1nc2ccc(Cl)cn2n1)C1CCCCC1. The minimum atomic E-state index is 0.475. The molecule has 4 nitrogen and oxygen atoms in total. The molecule has 0 amide bonds. The summed E-state index contributed by atoms with van der Waals surface area (Å²) in [6.45, 7) is 2.24. The van der Waals surface area contributed by atoms with Crippen LogP contribution >= 0.6 is 11.6 Å². The van der Waals surface area contributed by atoms with Crippen molar-refractivity contribution in [2.45, 2.75) is 51.5 Å². The first-order valence-corrected chi connectivity index (χ1v) is 7.92. The van der Waals surface area contributed by atoms with Crippen LogP contribution in [0.5, 0.6) is 0 Å². The highest BCUT2D eigenvalue weighted by atomic mass is 35.5. The van der Waals surface area contributed by atoms with E-state index in [0.717, 1.165) is 18.0 Å². The molecule has 1 saturated carbocycles. The smallest absolute Gasteiger partial charge is 0.243 e. The summed E-state index contributed by atoms with van der Waals surface area (Å²) in [6, 6.07) is 4.21. The maximum atomic E-state index is 5.97. The fraction of sp³-hybridized carbons (Fsp3) is 0.600. The lowest BCUT2D eigenvalue weighted by molar-refractivity contribution is 0.312. The maximum absolute atomic E-state index is 5.97. The topological polar surface area (TPSA) is 42.2 Å². The van der Waals surface area contributed by atoms with Crippen LogP contribution < -0.4 is 5.32 Å². The summed E-state index contributed by atoms with van der Waals surface area (Å²) >= 11 is 5.97. The second-order valence-corrected chi connectivity index (χ2v) is 6.08. The van der Waals surface area contributed by atoms with Crippen LogP contribution in [0.3, 0.4) is 0 Å². The van der Waals surface area contributed by atoms with E-state index in [9.17, 15) is 0 Å². The van der Waals surface area contributed by atoms with Crippen molar-refractivity contribution in [3.63, 3.8) is 0 Å². The van der Waals surface area contributed by atoms with Gasteiger partial charge in [0.2, 0.25) is 5.95 Å². The van der Waals surface area contributed by atoms with Crippen molar-refractivity contribution in [2.24, 2.45) is 5.92 Å². The summed E-state index contributed by atoms with van der Waals surface area (Å²) in [7, 11) is 0. The summed E-state index contributed by atoms with van der Waals surface area (Å²) in [5.41, 5.74) is 0.829. The Kier molecular flexibility index (Phi) is 4.10. The van der Waals surface area contributed by atoms with E-state index in [1.165, 1.54) is 32.1 Å². The summed E-state index contributed by atoms with van der Waals surface area (Å²) in [5, 5.41) is 8.66. The number of pyridine rings is 1. The molecule has 1 aliphatic rings. The zero-order valence-corrected chi connectivity index (χ0v) is 12.6. The zero-order chi connectivity index (χ0) is 13.9. The Hall–Kier alpha value is -1.29. The van der Waals surface area contributed by atoms with Crippen molar-refractivity contribution < 1.29 is 0 Å². The number of halogens is 1. The summed E-state index contributed by atoms with van der Waals surface area (Å²) in [5.74, 6) is 1.47. The molecule has 2 heterocycles. The summed E-state index contributed by atoms with van der Waals surface area (Å²) in [6.07, 6.45) is 9.65. The quantitative estimate of drug-likeness (QED) is 0.920. The van der Waals surface area contributed by atoms with Crippen LogP contribution in [0, 0.1) is 5.92 Å². The minimum absolute atomic E-state index is 0.475. The van der Waals surface area contributed by atoms with Crippen molar-refractivity contribution in [3.8, 4) is 0 Å². The normalized spacial score (nSPS) is 18.3. The number of hydrogen-bond acceptors (Lipinski definition) is 3. The van der Waals surface area contributed by atoms with Crippen LogP contribution in [-0.2, 0) is 0 Å². The third-order valence-electron chi connectivity index (χ3n) is 4.27. The molecular weight excluding hydrogens is 272 g/mol.